The molecule has 0 aromatic carbocycles. The molecule has 70 valence electrons. The summed E-state index contributed by atoms with van der Waals surface area (Å²) in [6.07, 6.45) is 5.45. The van der Waals surface area contributed by atoms with Crippen molar-refractivity contribution in [3.8, 4) is 0 Å². The smallest absolute Gasteiger partial charge is 0.0474 e. The van der Waals surface area contributed by atoms with Gasteiger partial charge in [-0.05, 0) is 50.6 Å². The van der Waals surface area contributed by atoms with E-state index in [0.717, 1.165) is 12.5 Å². The summed E-state index contributed by atoms with van der Waals surface area (Å²) in [5.74, 6) is 1.44. The van der Waals surface area contributed by atoms with Crippen LogP contribution >= 0.6 is 0 Å². The predicted octanol–water partition coefficient (Wildman–Crippen LogP) is 1.10. The molecule has 0 aromatic rings. The molecule has 12 heavy (non-hydrogen) atoms. The summed E-state index contributed by atoms with van der Waals surface area (Å²) >= 11 is 0. The second-order valence-electron chi connectivity index (χ2n) is 4.29. The van der Waals surface area contributed by atoms with Gasteiger partial charge in [-0.3, -0.25) is 0 Å². The average molecular weight is 169 g/mol. The van der Waals surface area contributed by atoms with E-state index in [4.69, 9.17) is 0 Å². The number of likely N-dealkylation sites (tertiary alicyclic amines) is 1. The molecule has 0 spiro atoms. The third-order valence-corrected chi connectivity index (χ3v) is 3.21. The van der Waals surface area contributed by atoms with Crippen molar-refractivity contribution in [2.75, 3.05) is 26.2 Å². The molecular formula is C10H19NO. The van der Waals surface area contributed by atoms with Gasteiger partial charge < -0.3 is 10.0 Å². The molecule has 0 bridgehead atoms. The summed E-state index contributed by atoms with van der Waals surface area (Å²) in [6.45, 7) is 4.09. The van der Waals surface area contributed by atoms with Gasteiger partial charge in [0.25, 0.3) is 0 Å². The molecule has 0 aromatic heterocycles. The van der Waals surface area contributed by atoms with Gasteiger partial charge >= 0.3 is 0 Å². The topological polar surface area (TPSA) is 23.5 Å². The van der Waals surface area contributed by atoms with E-state index in [1.165, 1.54) is 38.8 Å². The zero-order chi connectivity index (χ0) is 8.39. The van der Waals surface area contributed by atoms with E-state index in [1.54, 1.807) is 0 Å². The lowest BCUT2D eigenvalue weighted by molar-refractivity contribution is 0.164. The van der Waals surface area contributed by atoms with Gasteiger partial charge in [0.05, 0.1) is 0 Å². The lowest BCUT2D eigenvalue weighted by Gasteiger charge is -2.21. The minimum absolute atomic E-state index is 0.404. The lowest BCUT2D eigenvalue weighted by Crippen LogP contribution is -2.29. The fourth-order valence-electron chi connectivity index (χ4n) is 2.22. The van der Waals surface area contributed by atoms with Crippen LogP contribution in [0.1, 0.15) is 25.7 Å². The Morgan fingerprint density at radius 2 is 1.92 bits per heavy atom. The fraction of sp³-hybridized carbons (Fsp3) is 1.00. The van der Waals surface area contributed by atoms with E-state index >= 15 is 0 Å². The normalized spacial score (nSPS) is 27.8. The van der Waals surface area contributed by atoms with Crippen molar-refractivity contribution in [3.05, 3.63) is 0 Å². The van der Waals surface area contributed by atoms with E-state index < -0.39 is 0 Å². The minimum atomic E-state index is 0.404. The quantitative estimate of drug-likeness (QED) is 0.681. The van der Waals surface area contributed by atoms with Crippen molar-refractivity contribution < 1.29 is 5.11 Å². The summed E-state index contributed by atoms with van der Waals surface area (Å²) in [7, 11) is 0. The Hall–Kier alpha value is -0.0800. The van der Waals surface area contributed by atoms with Gasteiger partial charge in [-0.1, -0.05) is 0 Å². The SMILES string of the molecule is OCC(CN1CCCC1)C1CC1. The van der Waals surface area contributed by atoms with Gasteiger partial charge in [0.15, 0.2) is 0 Å². The number of nitrogens with zero attached hydrogens (tertiary/aromatic N) is 1. The van der Waals surface area contributed by atoms with E-state index in [1.807, 2.05) is 0 Å². The van der Waals surface area contributed by atoms with Crippen LogP contribution in [0.25, 0.3) is 0 Å². The second kappa shape index (κ2) is 3.75. The van der Waals surface area contributed by atoms with E-state index in [-0.39, 0.29) is 0 Å². The fourth-order valence-corrected chi connectivity index (χ4v) is 2.22. The summed E-state index contributed by atoms with van der Waals surface area (Å²) in [6, 6.07) is 0. The van der Waals surface area contributed by atoms with Gasteiger partial charge in [0.2, 0.25) is 0 Å². The number of rotatable bonds is 4. The van der Waals surface area contributed by atoms with Crippen LogP contribution in [0, 0.1) is 11.8 Å². The van der Waals surface area contributed by atoms with E-state index in [9.17, 15) is 5.11 Å². The number of aliphatic hydroxyl groups excluding tert-OH is 1. The molecule has 2 nitrogen and oxygen atoms in total. The van der Waals surface area contributed by atoms with E-state index in [0.29, 0.717) is 12.5 Å². The first-order valence-electron chi connectivity index (χ1n) is 5.23. The molecule has 2 fully saturated rings. The summed E-state index contributed by atoms with van der Waals surface area (Å²) in [5.41, 5.74) is 0. The third-order valence-electron chi connectivity index (χ3n) is 3.21. The van der Waals surface area contributed by atoms with Crippen LogP contribution in [0.4, 0.5) is 0 Å². The van der Waals surface area contributed by atoms with Gasteiger partial charge in [-0.15, -0.1) is 0 Å². The Bertz CT molecular complexity index is 139. The Balaban J connectivity index is 1.74. The molecule has 1 unspecified atom stereocenters. The van der Waals surface area contributed by atoms with Crippen molar-refractivity contribution in [2.24, 2.45) is 11.8 Å². The van der Waals surface area contributed by atoms with Gasteiger partial charge in [-0.25, -0.2) is 0 Å². The molecule has 1 heterocycles. The molecule has 1 saturated carbocycles. The highest BCUT2D eigenvalue weighted by Crippen LogP contribution is 2.37. The maximum absolute atomic E-state index is 9.17. The van der Waals surface area contributed by atoms with Crippen LogP contribution in [-0.4, -0.2) is 36.2 Å². The van der Waals surface area contributed by atoms with Crippen LogP contribution in [0.3, 0.4) is 0 Å². The summed E-state index contributed by atoms with van der Waals surface area (Å²) in [5, 5.41) is 9.17. The Kier molecular flexibility index (Phi) is 2.66. The monoisotopic (exact) mass is 169 g/mol. The second-order valence-corrected chi connectivity index (χ2v) is 4.29. The van der Waals surface area contributed by atoms with Crippen LogP contribution in [0.15, 0.2) is 0 Å². The van der Waals surface area contributed by atoms with Crippen LogP contribution in [-0.2, 0) is 0 Å². The molecule has 1 saturated heterocycles. The third kappa shape index (κ3) is 1.99. The van der Waals surface area contributed by atoms with Crippen molar-refractivity contribution in [2.45, 2.75) is 25.7 Å². The van der Waals surface area contributed by atoms with Crippen LogP contribution in [0.2, 0.25) is 0 Å². The Labute approximate surface area is 74.6 Å². The standard InChI is InChI=1S/C10H19NO/c12-8-10(9-3-4-9)7-11-5-1-2-6-11/h9-10,12H,1-8H2. The van der Waals surface area contributed by atoms with Crippen LogP contribution < -0.4 is 0 Å². The first-order valence-corrected chi connectivity index (χ1v) is 5.23. The molecule has 1 N–H and O–H groups in total. The molecule has 0 amide bonds. The molecule has 2 rings (SSSR count). The summed E-state index contributed by atoms with van der Waals surface area (Å²) < 4.78 is 0. The minimum Gasteiger partial charge on any atom is -0.396 e. The number of hydrogen-bond donors (Lipinski definition) is 1. The predicted molar refractivity (Wildman–Crippen MR) is 49.0 cm³/mol. The maximum atomic E-state index is 9.17. The van der Waals surface area contributed by atoms with Gasteiger partial charge in [0, 0.05) is 13.2 Å². The van der Waals surface area contributed by atoms with E-state index in [2.05, 4.69) is 4.90 Å². The van der Waals surface area contributed by atoms with Crippen LogP contribution in [0.5, 0.6) is 0 Å². The highest BCUT2D eigenvalue weighted by molar-refractivity contribution is 4.83. The zero-order valence-electron chi connectivity index (χ0n) is 7.71. The van der Waals surface area contributed by atoms with Gasteiger partial charge in [0.1, 0.15) is 0 Å². The van der Waals surface area contributed by atoms with Crippen molar-refractivity contribution in [1.29, 1.82) is 0 Å². The highest BCUT2D eigenvalue weighted by Gasteiger charge is 2.32. The largest absolute Gasteiger partial charge is 0.396 e. The van der Waals surface area contributed by atoms with Crippen molar-refractivity contribution >= 4 is 0 Å². The van der Waals surface area contributed by atoms with Gasteiger partial charge in [-0.2, -0.15) is 0 Å². The zero-order valence-corrected chi connectivity index (χ0v) is 7.71. The maximum Gasteiger partial charge on any atom is 0.0474 e. The molecule has 1 aliphatic heterocycles. The summed E-state index contributed by atoms with van der Waals surface area (Å²) in [4.78, 5) is 2.51. The number of aliphatic hydroxyl groups is 1. The molecule has 0 radical (unpaired) electrons. The molecule has 1 atom stereocenters. The Morgan fingerprint density at radius 1 is 1.25 bits per heavy atom. The average Bonchev–Trinajstić information content (AvgIpc) is 2.80. The number of hydrogen-bond acceptors (Lipinski definition) is 2. The molecule has 2 heteroatoms. The van der Waals surface area contributed by atoms with Crippen molar-refractivity contribution in [1.82, 2.24) is 4.90 Å². The lowest BCUT2D eigenvalue weighted by atomic mass is 10.1. The molecular weight excluding hydrogens is 150 g/mol. The molecule has 2 aliphatic rings. The highest BCUT2D eigenvalue weighted by atomic mass is 16.3. The first-order chi connectivity index (χ1) is 5.90. The van der Waals surface area contributed by atoms with Crippen molar-refractivity contribution in [3.63, 3.8) is 0 Å². The first kappa shape index (κ1) is 8.52. The molecule has 1 aliphatic carbocycles. The Morgan fingerprint density at radius 3 is 2.42 bits per heavy atom.